The van der Waals surface area contributed by atoms with Gasteiger partial charge in [0.1, 0.15) is 5.69 Å². The second-order valence-corrected chi connectivity index (χ2v) is 4.11. The SMILES string of the molecule is CNC(=O)c1c(Br)c2ccccc2n1C. The van der Waals surface area contributed by atoms with E-state index in [0.717, 1.165) is 15.4 Å². The fraction of sp³-hybridized carbons (Fsp3) is 0.182. The van der Waals surface area contributed by atoms with E-state index in [4.69, 9.17) is 0 Å². The number of carbonyl (C=O) groups is 1. The molecule has 0 spiro atoms. The molecule has 1 aromatic carbocycles. The second kappa shape index (κ2) is 3.70. The Balaban J connectivity index is 2.81. The van der Waals surface area contributed by atoms with Gasteiger partial charge in [0, 0.05) is 25.0 Å². The topological polar surface area (TPSA) is 34.0 Å². The minimum absolute atomic E-state index is 0.0828. The molecule has 1 N–H and O–H groups in total. The van der Waals surface area contributed by atoms with Gasteiger partial charge in [-0.15, -0.1) is 0 Å². The van der Waals surface area contributed by atoms with Gasteiger partial charge in [0.2, 0.25) is 0 Å². The number of para-hydroxylation sites is 1. The number of carbonyl (C=O) groups excluding carboxylic acids is 1. The first-order valence-corrected chi connectivity index (χ1v) is 5.41. The molecule has 0 atom stereocenters. The summed E-state index contributed by atoms with van der Waals surface area (Å²) in [4.78, 5) is 11.7. The van der Waals surface area contributed by atoms with Crippen LogP contribution in [0.3, 0.4) is 0 Å². The van der Waals surface area contributed by atoms with Crippen molar-refractivity contribution in [2.24, 2.45) is 7.05 Å². The molecular formula is C11H11BrN2O. The lowest BCUT2D eigenvalue weighted by Crippen LogP contribution is -2.21. The lowest BCUT2D eigenvalue weighted by atomic mass is 10.2. The Labute approximate surface area is 96.2 Å². The van der Waals surface area contributed by atoms with Crippen LogP contribution in [0.4, 0.5) is 0 Å². The first kappa shape index (κ1) is 10.2. The summed E-state index contributed by atoms with van der Waals surface area (Å²) >= 11 is 3.46. The number of hydrogen-bond donors (Lipinski definition) is 1. The Kier molecular flexibility index (Phi) is 2.52. The molecule has 0 fully saturated rings. The van der Waals surface area contributed by atoms with Gasteiger partial charge in [-0.25, -0.2) is 0 Å². The van der Waals surface area contributed by atoms with Crippen molar-refractivity contribution < 1.29 is 4.79 Å². The molecule has 1 heterocycles. The first-order valence-electron chi connectivity index (χ1n) is 4.61. The van der Waals surface area contributed by atoms with Crippen molar-refractivity contribution in [1.29, 1.82) is 0 Å². The molecule has 0 bridgehead atoms. The van der Waals surface area contributed by atoms with Gasteiger partial charge in [-0.1, -0.05) is 18.2 Å². The van der Waals surface area contributed by atoms with Crippen molar-refractivity contribution in [3.05, 3.63) is 34.4 Å². The number of hydrogen-bond acceptors (Lipinski definition) is 1. The molecule has 78 valence electrons. The van der Waals surface area contributed by atoms with E-state index in [9.17, 15) is 4.79 Å². The van der Waals surface area contributed by atoms with Crippen LogP contribution in [0.1, 0.15) is 10.5 Å². The van der Waals surface area contributed by atoms with E-state index >= 15 is 0 Å². The smallest absolute Gasteiger partial charge is 0.268 e. The largest absolute Gasteiger partial charge is 0.354 e. The molecule has 1 amide bonds. The highest BCUT2D eigenvalue weighted by Gasteiger charge is 2.17. The molecule has 2 aromatic rings. The zero-order valence-electron chi connectivity index (χ0n) is 8.54. The van der Waals surface area contributed by atoms with Crippen molar-refractivity contribution in [2.75, 3.05) is 7.05 Å². The molecular weight excluding hydrogens is 256 g/mol. The molecule has 4 heteroatoms. The first-order chi connectivity index (χ1) is 7.16. The van der Waals surface area contributed by atoms with E-state index < -0.39 is 0 Å². The minimum Gasteiger partial charge on any atom is -0.354 e. The Hall–Kier alpha value is -1.29. The van der Waals surface area contributed by atoms with E-state index in [0.29, 0.717) is 5.69 Å². The van der Waals surface area contributed by atoms with Crippen LogP contribution in [0.2, 0.25) is 0 Å². The third-order valence-electron chi connectivity index (χ3n) is 2.49. The summed E-state index contributed by atoms with van der Waals surface area (Å²) in [6.07, 6.45) is 0. The summed E-state index contributed by atoms with van der Waals surface area (Å²) in [5, 5.41) is 3.69. The Bertz CT molecular complexity index is 492. The summed E-state index contributed by atoms with van der Waals surface area (Å²) in [6, 6.07) is 7.90. The maximum atomic E-state index is 11.7. The van der Waals surface area contributed by atoms with Gasteiger partial charge >= 0.3 is 0 Å². The number of nitrogens with zero attached hydrogens (tertiary/aromatic N) is 1. The molecule has 1 aromatic heterocycles. The number of amides is 1. The number of aromatic nitrogens is 1. The number of benzene rings is 1. The highest BCUT2D eigenvalue weighted by molar-refractivity contribution is 9.10. The zero-order chi connectivity index (χ0) is 11.0. The van der Waals surface area contributed by atoms with Crippen LogP contribution in [0, 0.1) is 0 Å². The van der Waals surface area contributed by atoms with Crippen LogP contribution in [0.25, 0.3) is 10.9 Å². The summed E-state index contributed by atoms with van der Waals surface area (Å²) in [5.41, 5.74) is 1.70. The number of aryl methyl sites for hydroxylation is 1. The normalized spacial score (nSPS) is 10.6. The third kappa shape index (κ3) is 1.45. The monoisotopic (exact) mass is 266 g/mol. The maximum Gasteiger partial charge on any atom is 0.268 e. The Morgan fingerprint density at radius 3 is 2.67 bits per heavy atom. The minimum atomic E-state index is -0.0828. The van der Waals surface area contributed by atoms with Crippen molar-refractivity contribution >= 4 is 32.7 Å². The average Bonchev–Trinajstić information content (AvgIpc) is 2.52. The van der Waals surface area contributed by atoms with Crippen molar-refractivity contribution in [3.8, 4) is 0 Å². The number of halogens is 1. The van der Waals surface area contributed by atoms with E-state index in [1.807, 2.05) is 35.9 Å². The van der Waals surface area contributed by atoms with E-state index in [-0.39, 0.29) is 5.91 Å². The molecule has 0 saturated carbocycles. The van der Waals surface area contributed by atoms with Crippen LogP contribution in [0.5, 0.6) is 0 Å². The predicted molar refractivity (Wildman–Crippen MR) is 64.0 cm³/mol. The lowest BCUT2D eigenvalue weighted by molar-refractivity contribution is 0.0954. The fourth-order valence-corrected chi connectivity index (χ4v) is 2.50. The molecule has 15 heavy (non-hydrogen) atoms. The second-order valence-electron chi connectivity index (χ2n) is 3.32. The summed E-state index contributed by atoms with van der Waals surface area (Å²) in [6.45, 7) is 0. The van der Waals surface area contributed by atoms with E-state index in [2.05, 4.69) is 21.2 Å². The lowest BCUT2D eigenvalue weighted by Gasteiger charge is -2.02. The van der Waals surface area contributed by atoms with Gasteiger partial charge < -0.3 is 9.88 Å². The number of nitrogens with one attached hydrogen (secondary N) is 1. The van der Waals surface area contributed by atoms with Crippen molar-refractivity contribution in [2.45, 2.75) is 0 Å². The van der Waals surface area contributed by atoms with Crippen LogP contribution >= 0.6 is 15.9 Å². The number of fused-ring (bicyclic) bond motifs is 1. The predicted octanol–water partition coefficient (Wildman–Crippen LogP) is 2.30. The quantitative estimate of drug-likeness (QED) is 0.845. The zero-order valence-corrected chi connectivity index (χ0v) is 10.1. The van der Waals surface area contributed by atoms with Crippen molar-refractivity contribution in [3.63, 3.8) is 0 Å². The van der Waals surface area contributed by atoms with E-state index in [1.54, 1.807) is 7.05 Å². The maximum absolute atomic E-state index is 11.7. The van der Waals surface area contributed by atoms with Crippen LogP contribution in [-0.4, -0.2) is 17.5 Å². The standard InChI is InChI=1S/C11H11BrN2O/c1-13-11(15)10-9(12)7-5-3-4-6-8(7)14(10)2/h3-6H,1-2H3,(H,13,15). The van der Waals surface area contributed by atoms with Crippen LogP contribution in [0.15, 0.2) is 28.7 Å². The molecule has 0 aliphatic carbocycles. The summed E-state index contributed by atoms with van der Waals surface area (Å²) in [7, 11) is 3.52. The van der Waals surface area contributed by atoms with Crippen LogP contribution < -0.4 is 5.32 Å². The molecule has 0 unspecified atom stereocenters. The average molecular weight is 267 g/mol. The summed E-state index contributed by atoms with van der Waals surface area (Å²) in [5.74, 6) is -0.0828. The Morgan fingerprint density at radius 2 is 2.07 bits per heavy atom. The van der Waals surface area contributed by atoms with Gasteiger partial charge in [0.15, 0.2) is 0 Å². The van der Waals surface area contributed by atoms with Gasteiger partial charge in [-0.2, -0.15) is 0 Å². The van der Waals surface area contributed by atoms with Crippen LogP contribution in [-0.2, 0) is 7.05 Å². The number of rotatable bonds is 1. The fourth-order valence-electron chi connectivity index (χ4n) is 1.72. The highest BCUT2D eigenvalue weighted by Crippen LogP contribution is 2.29. The van der Waals surface area contributed by atoms with E-state index in [1.165, 1.54) is 0 Å². The summed E-state index contributed by atoms with van der Waals surface area (Å²) < 4.78 is 2.73. The molecule has 0 aliphatic rings. The van der Waals surface area contributed by atoms with Gasteiger partial charge in [-0.3, -0.25) is 4.79 Å². The molecule has 2 rings (SSSR count). The van der Waals surface area contributed by atoms with Crippen molar-refractivity contribution in [1.82, 2.24) is 9.88 Å². The Morgan fingerprint density at radius 1 is 1.40 bits per heavy atom. The molecule has 0 saturated heterocycles. The van der Waals surface area contributed by atoms with Gasteiger partial charge in [0.05, 0.1) is 4.47 Å². The molecule has 0 aliphatic heterocycles. The van der Waals surface area contributed by atoms with Gasteiger partial charge in [-0.05, 0) is 22.0 Å². The molecule has 3 nitrogen and oxygen atoms in total. The molecule has 0 radical (unpaired) electrons. The third-order valence-corrected chi connectivity index (χ3v) is 3.29. The van der Waals surface area contributed by atoms with Gasteiger partial charge in [0.25, 0.3) is 5.91 Å². The highest BCUT2D eigenvalue weighted by atomic mass is 79.9.